The number of para-hydroxylation sites is 1. The number of amides is 1. The van der Waals surface area contributed by atoms with Crippen molar-refractivity contribution in [3.05, 3.63) is 52.2 Å². The Hall–Kier alpha value is -1.85. The minimum Gasteiger partial charge on any atom is -0.496 e. The molecule has 0 bridgehead atoms. The van der Waals surface area contributed by atoms with Gasteiger partial charge in [0, 0.05) is 12.1 Å². The highest BCUT2D eigenvalue weighted by Crippen LogP contribution is 2.27. The van der Waals surface area contributed by atoms with Crippen LogP contribution in [0, 0.1) is 0 Å². The number of hydrogen-bond donors (Lipinski definition) is 1. The second-order valence-electron chi connectivity index (χ2n) is 4.91. The normalized spacial score (nSPS) is 12.2. The molecule has 1 aromatic heterocycles. The van der Waals surface area contributed by atoms with Crippen LogP contribution in [-0.2, 0) is 0 Å². The van der Waals surface area contributed by atoms with Gasteiger partial charge in [0.25, 0.3) is 5.91 Å². The van der Waals surface area contributed by atoms with Gasteiger partial charge in [0.2, 0.25) is 0 Å². The van der Waals surface area contributed by atoms with Crippen LogP contribution >= 0.6 is 11.3 Å². The summed E-state index contributed by atoms with van der Waals surface area (Å²) in [5.74, 6) is 0.799. The van der Waals surface area contributed by atoms with E-state index in [1.807, 2.05) is 55.9 Å². The van der Waals surface area contributed by atoms with Crippen molar-refractivity contribution in [2.75, 3.05) is 27.7 Å². The van der Waals surface area contributed by atoms with Gasteiger partial charge in [-0.1, -0.05) is 24.3 Å². The van der Waals surface area contributed by atoms with Gasteiger partial charge in [0.15, 0.2) is 0 Å². The van der Waals surface area contributed by atoms with Crippen molar-refractivity contribution >= 4 is 17.2 Å². The van der Waals surface area contributed by atoms with Gasteiger partial charge >= 0.3 is 0 Å². The Morgan fingerprint density at radius 1 is 1.29 bits per heavy atom. The molecule has 1 amide bonds. The zero-order valence-corrected chi connectivity index (χ0v) is 13.3. The number of hydrogen-bond acceptors (Lipinski definition) is 4. The lowest BCUT2D eigenvalue weighted by atomic mass is 10.0. The highest BCUT2D eigenvalue weighted by Gasteiger charge is 2.19. The lowest BCUT2D eigenvalue weighted by molar-refractivity contribution is 0.0945. The smallest absolute Gasteiger partial charge is 0.261 e. The van der Waals surface area contributed by atoms with E-state index < -0.39 is 0 Å². The topological polar surface area (TPSA) is 41.6 Å². The molecule has 1 atom stereocenters. The fourth-order valence-corrected chi connectivity index (χ4v) is 2.84. The third kappa shape index (κ3) is 3.83. The number of benzene rings is 1. The predicted molar refractivity (Wildman–Crippen MR) is 86.1 cm³/mol. The second-order valence-corrected chi connectivity index (χ2v) is 5.86. The van der Waals surface area contributed by atoms with Crippen molar-refractivity contribution in [1.82, 2.24) is 10.2 Å². The van der Waals surface area contributed by atoms with Gasteiger partial charge in [-0.15, -0.1) is 11.3 Å². The maximum Gasteiger partial charge on any atom is 0.261 e. The Kier molecular flexibility index (Phi) is 5.36. The molecule has 0 saturated heterocycles. The van der Waals surface area contributed by atoms with Crippen molar-refractivity contribution in [3.8, 4) is 5.75 Å². The summed E-state index contributed by atoms with van der Waals surface area (Å²) in [5.41, 5.74) is 1.07. The molecule has 1 N–H and O–H groups in total. The number of nitrogens with one attached hydrogen (secondary N) is 1. The third-order valence-electron chi connectivity index (χ3n) is 3.32. The first-order chi connectivity index (χ1) is 10.1. The summed E-state index contributed by atoms with van der Waals surface area (Å²) in [6, 6.07) is 11.7. The van der Waals surface area contributed by atoms with E-state index in [4.69, 9.17) is 4.74 Å². The van der Waals surface area contributed by atoms with Gasteiger partial charge in [-0.25, -0.2) is 0 Å². The quantitative estimate of drug-likeness (QED) is 0.892. The molecule has 0 saturated carbocycles. The zero-order valence-electron chi connectivity index (χ0n) is 12.5. The van der Waals surface area contributed by atoms with Crippen LogP contribution < -0.4 is 10.1 Å². The average molecular weight is 304 g/mol. The minimum atomic E-state index is -0.0354. The Balaban J connectivity index is 2.11. The molecule has 5 heteroatoms. The van der Waals surface area contributed by atoms with E-state index in [0.717, 1.165) is 16.2 Å². The van der Waals surface area contributed by atoms with E-state index in [-0.39, 0.29) is 11.9 Å². The van der Waals surface area contributed by atoms with Gasteiger partial charge < -0.3 is 15.0 Å². The summed E-state index contributed by atoms with van der Waals surface area (Å²) in [7, 11) is 5.65. The summed E-state index contributed by atoms with van der Waals surface area (Å²) >= 11 is 1.44. The molecule has 21 heavy (non-hydrogen) atoms. The van der Waals surface area contributed by atoms with Gasteiger partial charge in [-0.2, -0.15) is 0 Å². The van der Waals surface area contributed by atoms with Crippen molar-refractivity contribution in [2.45, 2.75) is 6.04 Å². The standard InChI is InChI=1S/C16H20N2O2S/c1-18(2)13(12-7-4-5-8-14(12)20-3)11-17-16(19)15-9-6-10-21-15/h4-10,13H,11H2,1-3H3,(H,17,19)/t13-/m1/s1. The van der Waals surface area contributed by atoms with Crippen LogP contribution in [0.25, 0.3) is 0 Å². The lowest BCUT2D eigenvalue weighted by Gasteiger charge is -2.26. The SMILES string of the molecule is COc1ccccc1[C@@H](CNC(=O)c1cccs1)N(C)C. The first kappa shape index (κ1) is 15.5. The zero-order chi connectivity index (χ0) is 15.2. The fourth-order valence-electron chi connectivity index (χ4n) is 2.20. The van der Waals surface area contributed by atoms with Gasteiger partial charge in [0.05, 0.1) is 18.0 Å². The van der Waals surface area contributed by atoms with Crippen LogP contribution in [0.3, 0.4) is 0 Å². The number of carbonyl (C=O) groups excluding carboxylic acids is 1. The number of ether oxygens (including phenoxy) is 1. The van der Waals surface area contributed by atoms with Crippen LogP contribution in [-0.4, -0.2) is 38.6 Å². The molecular weight excluding hydrogens is 284 g/mol. The van der Waals surface area contributed by atoms with Crippen molar-refractivity contribution < 1.29 is 9.53 Å². The summed E-state index contributed by atoms with van der Waals surface area (Å²) in [4.78, 5) is 14.9. The van der Waals surface area contributed by atoms with E-state index in [2.05, 4.69) is 10.2 Å². The number of thiophene rings is 1. The summed E-state index contributed by atoms with van der Waals surface area (Å²) in [6.45, 7) is 0.532. The molecule has 2 rings (SSSR count). The second kappa shape index (κ2) is 7.24. The van der Waals surface area contributed by atoms with Crippen molar-refractivity contribution in [1.29, 1.82) is 0 Å². The molecule has 0 spiro atoms. The highest BCUT2D eigenvalue weighted by molar-refractivity contribution is 7.12. The van der Waals surface area contributed by atoms with Crippen LogP contribution in [0.2, 0.25) is 0 Å². The van der Waals surface area contributed by atoms with Gasteiger partial charge in [0.1, 0.15) is 5.75 Å². The molecule has 0 radical (unpaired) electrons. The average Bonchev–Trinajstić information content (AvgIpc) is 3.01. The largest absolute Gasteiger partial charge is 0.496 e. The highest BCUT2D eigenvalue weighted by atomic mass is 32.1. The van der Waals surface area contributed by atoms with E-state index in [1.165, 1.54) is 11.3 Å². The number of carbonyl (C=O) groups is 1. The summed E-state index contributed by atoms with van der Waals surface area (Å²) in [5, 5.41) is 4.89. The van der Waals surface area contributed by atoms with E-state index in [1.54, 1.807) is 7.11 Å². The molecular formula is C16H20N2O2S. The molecule has 0 aliphatic carbocycles. The Morgan fingerprint density at radius 3 is 2.67 bits per heavy atom. The number of rotatable bonds is 6. The third-order valence-corrected chi connectivity index (χ3v) is 4.19. The van der Waals surface area contributed by atoms with Crippen LogP contribution in [0.5, 0.6) is 5.75 Å². The molecule has 0 fully saturated rings. The van der Waals surface area contributed by atoms with Crippen LogP contribution in [0.4, 0.5) is 0 Å². The first-order valence-electron chi connectivity index (χ1n) is 6.74. The van der Waals surface area contributed by atoms with Crippen molar-refractivity contribution in [3.63, 3.8) is 0 Å². The van der Waals surface area contributed by atoms with Gasteiger partial charge in [-0.3, -0.25) is 4.79 Å². The molecule has 0 aliphatic rings. The molecule has 1 heterocycles. The maximum atomic E-state index is 12.1. The molecule has 0 aliphatic heterocycles. The summed E-state index contributed by atoms with van der Waals surface area (Å²) < 4.78 is 5.42. The Labute approximate surface area is 129 Å². The first-order valence-corrected chi connectivity index (χ1v) is 7.62. The van der Waals surface area contributed by atoms with Gasteiger partial charge in [-0.05, 0) is 31.6 Å². The van der Waals surface area contributed by atoms with E-state index >= 15 is 0 Å². The van der Waals surface area contributed by atoms with Crippen LogP contribution in [0.15, 0.2) is 41.8 Å². The predicted octanol–water partition coefficient (Wildman–Crippen LogP) is 2.79. The van der Waals surface area contributed by atoms with Crippen LogP contribution in [0.1, 0.15) is 21.3 Å². The molecule has 2 aromatic rings. The Bertz CT molecular complexity index is 582. The fraction of sp³-hybridized carbons (Fsp3) is 0.312. The summed E-state index contributed by atoms with van der Waals surface area (Å²) in [6.07, 6.45) is 0. The molecule has 112 valence electrons. The lowest BCUT2D eigenvalue weighted by Crippen LogP contribution is -2.34. The van der Waals surface area contributed by atoms with E-state index in [9.17, 15) is 4.79 Å². The number of nitrogens with zero attached hydrogens (tertiary/aromatic N) is 1. The van der Waals surface area contributed by atoms with Crippen molar-refractivity contribution in [2.24, 2.45) is 0 Å². The monoisotopic (exact) mass is 304 g/mol. The molecule has 0 unspecified atom stereocenters. The minimum absolute atomic E-state index is 0.0354. The Morgan fingerprint density at radius 2 is 2.05 bits per heavy atom. The van der Waals surface area contributed by atoms with E-state index in [0.29, 0.717) is 6.54 Å². The maximum absolute atomic E-state index is 12.1. The molecule has 1 aromatic carbocycles. The number of likely N-dealkylation sites (N-methyl/N-ethyl adjacent to an activating group) is 1. The number of methoxy groups -OCH3 is 1. The molecule has 4 nitrogen and oxygen atoms in total.